The third-order valence-corrected chi connectivity index (χ3v) is 10.8. The lowest BCUT2D eigenvalue weighted by molar-refractivity contribution is -0.319. The molecule has 9 nitrogen and oxygen atoms in total. The summed E-state index contributed by atoms with van der Waals surface area (Å²) in [7, 11) is 0. The van der Waals surface area contributed by atoms with Crippen molar-refractivity contribution < 1.29 is 44.9 Å². The highest BCUT2D eigenvalue weighted by Gasteiger charge is 2.51. The van der Waals surface area contributed by atoms with Gasteiger partial charge in [-0.3, -0.25) is 0 Å². The number of carbonyl (C=O) groups is 1. The third kappa shape index (κ3) is 7.04. The summed E-state index contributed by atoms with van der Waals surface area (Å²) in [5, 5.41) is 60.0. The van der Waals surface area contributed by atoms with E-state index in [1.54, 1.807) is 0 Å². The van der Waals surface area contributed by atoms with Crippen molar-refractivity contribution in [1.82, 2.24) is 0 Å². The zero-order valence-electron chi connectivity index (χ0n) is 25.7. The van der Waals surface area contributed by atoms with Crippen molar-refractivity contribution in [2.45, 2.75) is 135 Å². The van der Waals surface area contributed by atoms with Crippen molar-refractivity contribution in [3.63, 3.8) is 0 Å². The molecule has 1 heterocycles. The number of hydrogen-bond acceptors (Lipinski definition) is 8. The topological polar surface area (TPSA) is 157 Å². The van der Waals surface area contributed by atoms with Crippen molar-refractivity contribution in [1.29, 1.82) is 0 Å². The first-order valence-corrected chi connectivity index (χ1v) is 15.7. The molecule has 4 fully saturated rings. The number of hydrogen-bond donors (Lipinski definition) is 6. The second-order valence-electron chi connectivity index (χ2n) is 14.1. The van der Waals surface area contributed by atoms with Crippen LogP contribution in [0, 0.1) is 29.1 Å². The first-order valence-electron chi connectivity index (χ1n) is 15.7. The van der Waals surface area contributed by atoms with Crippen molar-refractivity contribution in [3.8, 4) is 0 Å². The highest BCUT2D eigenvalue weighted by atomic mass is 16.7. The lowest BCUT2D eigenvalue weighted by Gasteiger charge is -2.44. The Kier molecular flexibility index (Phi) is 10.5. The second-order valence-corrected chi connectivity index (χ2v) is 14.1. The molecule has 0 spiro atoms. The van der Waals surface area contributed by atoms with Gasteiger partial charge in [0.05, 0.1) is 17.8 Å². The summed E-state index contributed by atoms with van der Waals surface area (Å²) < 4.78 is 11.4. The van der Waals surface area contributed by atoms with Gasteiger partial charge in [0.1, 0.15) is 18.3 Å². The van der Waals surface area contributed by atoms with Crippen LogP contribution in [0.5, 0.6) is 0 Å². The van der Waals surface area contributed by atoms with Crippen molar-refractivity contribution in [3.05, 3.63) is 35.5 Å². The SMILES string of the molecule is C[C@H](/C=C/[C@H](C)C(C)(C)O[C@@H]1O[C@H](C(=O)O)[C@@H](O)[C@H](O)[C@H]1O)[C@H]1CC[C@H]2/C(=C\C=C3C[C@@H](O)C[C@H](O)C3)CCC[C@]12C. The molecule has 0 aromatic rings. The molecule has 0 radical (unpaired) electrons. The smallest absolute Gasteiger partial charge is 0.335 e. The molecule has 238 valence electrons. The van der Waals surface area contributed by atoms with Gasteiger partial charge in [-0.25, -0.2) is 4.79 Å². The molecule has 0 bridgehead atoms. The molecule has 4 rings (SSSR count). The van der Waals surface area contributed by atoms with E-state index in [0.29, 0.717) is 37.0 Å². The summed E-state index contributed by atoms with van der Waals surface area (Å²) in [6.07, 6.45) is 7.19. The zero-order chi connectivity index (χ0) is 31.0. The van der Waals surface area contributed by atoms with Gasteiger partial charge in [-0.15, -0.1) is 0 Å². The van der Waals surface area contributed by atoms with Crippen molar-refractivity contribution in [2.24, 2.45) is 29.1 Å². The largest absolute Gasteiger partial charge is 0.479 e. The first-order chi connectivity index (χ1) is 19.6. The molecule has 9 heteroatoms. The monoisotopic (exact) mass is 592 g/mol. The number of aliphatic hydroxyl groups is 5. The Balaban J connectivity index is 1.40. The van der Waals surface area contributed by atoms with Crippen LogP contribution in [0.15, 0.2) is 35.5 Å². The summed E-state index contributed by atoms with van der Waals surface area (Å²) in [4.78, 5) is 11.5. The molecule has 3 saturated carbocycles. The fourth-order valence-corrected chi connectivity index (χ4v) is 7.94. The van der Waals surface area contributed by atoms with Gasteiger partial charge in [0, 0.05) is 5.92 Å². The number of allylic oxidation sites excluding steroid dienone is 4. The van der Waals surface area contributed by atoms with E-state index in [1.807, 2.05) is 20.8 Å². The van der Waals surface area contributed by atoms with Crippen LogP contribution in [-0.2, 0) is 14.3 Å². The van der Waals surface area contributed by atoms with Crippen molar-refractivity contribution >= 4 is 5.97 Å². The minimum atomic E-state index is -1.75. The number of aliphatic carboxylic acids is 1. The average molecular weight is 593 g/mol. The van der Waals surface area contributed by atoms with Gasteiger partial charge in [0.15, 0.2) is 12.4 Å². The molecular weight excluding hydrogens is 540 g/mol. The molecule has 0 unspecified atom stereocenters. The van der Waals surface area contributed by atoms with Crippen LogP contribution in [0.1, 0.15) is 86.0 Å². The molecule has 0 amide bonds. The summed E-state index contributed by atoms with van der Waals surface area (Å²) in [6.45, 7) is 10.4. The van der Waals surface area contributed by atoms with E-state index in [4.69, 9.17) is 9.47 Å². The van der Waals surface area contributed by atoms with Crippen LogP contribution in [-0.4, -0.2) is 85.1 Å². The summed E-state index contributed by atoms with van der Waals surface area (Å²) in [6, 6.07) is 0. The number of ether oxygens (including phenoxy) is 2. The van der Waals surface area contributed by atoms with Gasteiger partial charge >= 0.3 is 5.97 Å². The maximum absolute atomic E-state index is 11.5. The number of aliphatic hydroxyl groups excluding tert-OH is 5. The van der Waals surface area contributed by atoms with E-state index in [1.165, 1.54) is 12.0 Å². The quantitative estimate of drug-likeness (QED) is 0.232. The Hall–Kier alpha value is -1.59. The fraction of sp³-hybridized carbons (Fsp3) is 0.788. The fourth-order valence-electron chi connectivity index (χ4n) is 7.94. The molecule has 6 N–H and O–H groups in total. The van der Waals surface area contributed by atoms with E-state index in [-0.39, 0.29) is 11.3 Å². The Labute approximate surface area is 249 Å². The highest BCUT2D eigenvalue weighted by Crippen LogP contribution is 2.59. The summed E-state index contributed by atoms with van der Waals surface area (Å²) in [5.41, 5.74) is 1.95. The number of carboxylic acid groups (broad SMARTS) is 1. The van der Waals surface area contributed by atoms with Gasteiger partial charge in [-0.2, -0.15) is 0 Å². The maximum atomic E-state index is 11.5. The predicted molar refractivity (Wildman–Crippen MR) is 157 cm³/mol. The van der Waals surface area contributed by atoms with E-state index >= 15 is 0 Å². The normalized spacial score (nSPS) is 42.0. The molecular formula is C33H52O9. The minimum Gasteiger partial charge on any atom is -0.479 e. The van der Waals surface area contributed by atoms with Crippen LogP contribution in [0.2, 0.25) is 0 Å². The molecule has 3 aliphatic carbocycles. The van der Waals surface area contributed by atoms with Crippen molar-refractivity contribution in [2.75, 3.05) is 0 Å². The van der Waals surface area contributed by atoms with E-state index in [2.05, 4.69) is 38.2 Å². The minimum absolute atomic E-state index is 0.123. The standard InChI is InChI=1S/C33H52O9/c1-18(8-9-19(2)32(3,4)42-31-28(38)26(36)27(37)29(41-31)30(39)40)24-12-13-25-21(7-6-14-33(24,25)5)11-10-20-15-22(34)17-23(35)16-20/h8-11,18-19,22-29,31,34-38H,6-7,12-17H2,1-5H3,(H,39,40)/b9-8+,21-11-/t18-,19+,22-,23-,24-,25+,26+,27+,28-,29+,31+,33-/m1/s1. The molecule has 42 heavy (non-hydrogen) atoms. The van der Waals surface area contributed by atoms with E-state index in [0.717, 1.165) is 31.3 Å². The predicted octanol–water partition coefficient (Wildman–Crippen LogP) is 3.48. The van der Waals surface area contributed by atoms with Gasteiger partial charge in [-0.1, -0.05) is 56.2 Å². The molecule has 0 aromatic carbocycles. The van der Waals surface area contributed by atoms with Gasteiger partial charge in [0.2, 0.25) is 0 Å². The number of rotatable bonds is 8. The summed E-state index contributed by atoms with van der Waals surface area (Å²) in [5.74, 6) is -0.198. The van der Waals surface area contributed by atoms with Crippen LogP contribution in [0.25, 0.3) is 0 Å². The Morgan fingerprint density at radius 1 is 1.00 bits per heavy atom. The zero-order valence-corrected chi connectivity index (χ0v) is 25.7. The molecule has 12 atom stereocenters. The highest BCUT2D eigenvalue weighted by molar-refractivity contribution is 5.73. The third-order valence-electron chi connectivity index (χ3n) is 10.8. The lowest BCUT2D eigenvalue weighted by atomic mass is 9.61. The van der Waals surface area contributed by atoms with Crippen LogP contribution < -0.4 is 0 Å². The Bertz CT molecular complexity index is 1040. The van der Waals surface area contributed by atoms with Gasteiger partial charge < -0.3 is 40.1 Å². The van der Waals surface area contributed by atoms with Gasteiger partial charge in [0.25, 0.3) is 0 Å². The first kappa shape index (κ1) is 33.3. The Morgan fingerprint density at radius 2 is 1.67 bits per heavy atom. The average Bonchev–Trinajstić information content (AvgIpc) is 3.27. The summed E-state index contributed by atoms with van der Waals surface area (Å²) >= 11 is 0. The lowest BCUT2D eigenvalue weighted by Crippen LogP contribution is -2.61. The molecule has 0 aromatic heterocycles. The molecule has 1 aliphatic heterocycles. The molecule has 1 saturated heterocycles. The van der Waals surface area contributed by atoms with Crippen LogP contribution in [0.3, 0.4) is 0 Å². The Morgan fingerprint density at radius 3 is 2.31 bits per heavy atom. The van der Waals surface area contributed by atoms with Gasteiger partial charge in [-0.05, 0) is 88.4 Å². The number of fused-ring (bicyclic) bond motifs is 1. The van der Waals surface area contributed by atoms with Crippen LogP contribution >= 0.6 is 0 Å². The van der Waals surface area contributed by atoms with Crippen LogP contribution in [0.4, 0.5) is 0 Å². The second kappa shape index (κ2) is 13.2. The van der Waals surface area contributed by atoms with E-state index in [9.17, 15) is 35.4 Å². The molecule has 4 aliphatic rings. The number of carboxylic acids is 1. The van der Waals surface area contributed by atoms with E-state index < -0.39 is 54.5 Å². The maximum Gasteiger partial charge on any atom is 0.335 e.